The molecule has 2 heterocycles. The Morgan fingerprint density at radius 3 is 2.53 bits per heavy atom. The molecule has 0 aliphatic rings. The number of methoxy groups -OCH3 is 1. The molecule has 0 unspecified atom stereocenters. The Morgan fingerprint density at radius 2 is 1.90 bits per heavy atom. The summed E-state index contributed by atoms with van der Waals surface area (Å²) in [4.78, 5) is 44.6. The first-order chi connectivity index (χ1) is 14.4. The van der Waals surface area contributed by atoms with E-state index in [9.17, 15) is 14.4 Å². The maximum atomic E-state index is 12.9. The highest BCUT2D eigenvalue weighted by atomic mass is 16.5. The van der Waals surface area contributed by atoms with E-state index in [0.29, 0.717) is 35.6 Å². The average molecular weight is 413 g/mol. The molecule has 0 fully saturated rings. The molecule has 0 spiro atoms. The number of fused-ring (bicyclic) bond motifs is 1. The molecule has 0 aliphatic carbocycles. The molecular formula is C21H27N5O4. The lowest BCUT2D eigenvalue weighted by Gasteiger charge is -2.10. The number of rotatable bonds is 9. The van der Waals surface area contributed by atoms with Crippen molar-refractivity contribution in [3.05, 3.63) is 56.5 Å². The maximum absolute atomic E-state index is 12.9. The summed E-state index contributed by atoms with van der Waals surface area (Å²) >= 11 is 0. The molecule has 30 heavy (non-hydrogen) atoms. The van der Waals surface area contributed by atoms with Gasteiger partial charge in [-0.1, -0.05) is 25.5 Å². The summed E-state index contributed by atoms with van der Waals surface area (Å²) in [7, 11) is 1.53. The molecule has 3 aromatic rings. The van der Waals surface area contributed by atoms with Crippen LogP contribution in [-0.2, 0) is 29.0 Å². The number of carbonyl (C=O) groups excluding carboxylic acids is 1. The standard InChI is InChI=1S/C21H27N5O4/c1-4-5-10-25-19-18(20(28)26(21(25)29)11-12-30-3)23-17(24-19)13-15-6-8-16(9-7-15)22-14(2)27/h6-9H,4-5,10-13H2,1-3H3,(H,22,27)(H,23,24). The first-order valence-corrected chi connectivity index (χ1v) is 10.0. The second-order valence-corrected chi connectivity index (χ2v) is 7.17. The van der Waals surface area contributed by atoms with Crippen molar-refractivity contribution in [2.75, 3.05) is 19.0 Å². The van der Waals surface area contributed by atoms with Crippen LogP contribution in [0.3, 0.4) is 0 Å². The number of ether oxygens (including phenoxy) is 1. The van der Waals surface area contributed by atoms with Gasteiger partial charge in [-0.25, -0.2) is 9.78 Å². The van der Waals surface area contributed by atoms with Crippen LogP contribution in [0.2, 0.25) is 0 Å². The number of benzene rings is 1. The lowest BCUT2D eigenvalue weighted by Crippen LogP contribution is -2.41. The summed E-state index contributed by atoms with van der Waals surface area (Å²) in [5.74, 6) is 0.471. The van der Waals surface area contributed by atoms with Crippen LogP contribution in [0.5, 0.6) is 0 Å². The number of carbonyl (C=O) groups is 1. The largest absolute Gasteiger partial charge is 0.383 e. The number of unbranched alkanes of at least 4 members (excludes halogenated alkanes) is 1. The second kappa shape index (κ2) is 9.53. The van der Waals surface area contributed by atoms with Gasteiger partial charge in [-0.05, 0) is 24.1 Å². The van der Waals surface area contributed by atoms with Gasteiger partial charge in [0.25, 0.3) is 5.56 Å². The fourth-order valence-electron chi connectivity index (χ4n) is 3.30. The van der Waals surface area contributed by atoms with Crippen molar-refractivity contribution in [2.45, 2.75) is 46.2 Å². The van der Waals surface area contributed by atoms with Gasteiger partial charge in [-0.2, -0.15) is 0 Å². The molecule has 9 heteroatoms. The van der Waals surface area contributed by atoms with E-state index in [1.54, 1.807) is 4.57 Å². The number of aromatic amines is 1. The van der Waals surface area contributed by atoms with Gasteiger partial charge in [0.2, 0.25) is 5.91 Å². The van der Waals surface area contributed by atoms with Crippen molar-refractivity contribution in [3.63, 3.8) is 0 Å². The van der Waals surface area contributed by atoms with Gasteiger partial charge in [-0.3, -0.25) is 18.7 Å². The van der Waals surface area contributed by atoms with Gasteiger partial charge in [0.05, 0.1) is 13.2 Å². The highest BCUT2D eigenvalue weighted by Crippen LogP contribution is 2.14. The Labute approximate surface area is 173 Å². The van der Waals surface area contributed by atoms with E-state index in [1.807, 2.05) is 31.2 Å². The summed E-state index contributed by atoms with van der Waals surface area (Å²) in [6, 6.07) is 7.40. The summed E-state index contributed by atoms with van der Waals surface area (Å²) in [6.45, 7) is 4.46. The van der Waals surface area contributed by atoms with E-state index in [-0.39, 0.29) is 30.3 Å². The van der Waals surface area contributed by atoms with Crippen LogP contribution in [-0.4, -0.2) is 38.7 Å². The average Bonchev–Trinajstić information content (AvgIpc) is 3.13. The molecule has 0 bridgehead atoms. The Kier molecular flexibility index (Phi) is 6.83. The minimum absolute atomic E-state index is 0.130. The van der Waals surface area contributed by atoms with Crippen molar-refractivity contribution >= 4 is 22.8 Å². The predicted molar refractivity (Wildman–Crippen MR) is 115 cm³/mol. The minimum atomic E-state index is -0.389. The summed E-state index contributed by atoms with van der Waals surface area (Å²) in [5.41, 5.74) is 1.63. The maximum Gasteiger partial charge on any atom is 0.332 e. The van der Waals surface area contributed by atoms with Crippen molar-refractivity contribution in [2.24, 2.45) is 0 Å². The lowest BCUT2D eigenvalue weighted by molar-refractivity contribution is -0.114. The number of H-pyrrole nitrogens is 1. The van der Waals surface area contributed by atoms with Crippen molar-refractivity contribution in [3.8, 4) is 0 Å². The fraction of sp³-hybridized carbons (Fsp3) is 0.429. The monoisotopic (exact) mass is 413 g/mol. The number of hydrogen-bond donors (Lipinski definition) is 2. The molecule has 1 amide bonds. The first kappa shape index (κ1) is 21.5. The number of hydrogen-bond acceptors (Lipinski definition) is 5. The normalized spacial score (nSPS) is 11.2. The number of aryl methyl sites for hydroxylation is 1. The third kappa shape index (κ3) is 4.68. The number of nitrogens with zero attached hydrogens (tertiary/aromatic N) is 3. The fourth-order valence-corrected chi connectivity index (χ4v) is 3.30. The Morgan fingerprint density at radius 1 is 1.17 bits per heavy atom. The zero-order valence-electron chi connectivity index (χ0n) is 17.5. The van der Waals surface area contributed by atoms with Crippen molar-refractivity contribution in [1.82, 2.24) is 19.1 Å². The Balaban J connectivity index is 1.99. The van der Waals surface area contributed by atoms with E-state index in [0.717, 1.165) is 18.4 Å². The highest BCUT2D eigenvalue weighted by Gasteiger charge is 2.17. The van der Waals surface area contributed by atoms with E-state index < -0.39 is 0 Å². The van der Waals surface area contributed by atoms with Crippen molar-refractivity contribution < 1.29 is 9.53 Å². The lowest BCUT2D eigenvalue weighted by atomic mass is 10.1. The molecule has 160 valence electrons. The molecule has 3 rings (SSSR count). The van der Waals surface area contributed by atoms with Crippen LogP contribution in [0.25, 0.3) is 11.2 Å². The minimum Gasteiger partial charge on any atom is -0.383 e. The molecule has 2 N–H and O–H groups in total. The van der Waals surface area contributed by atoms with Crippen molar-refractivity contribution in [1.29, 1.82) is 0 Å². The second-order valence-electron chi connectivity index (χ2n) is 7.17. The topological polar surface area (TPSA) is 111 Å². The zero-order valence-corrected chi connectivity index (χ0v) is 17.5. The molecule has 0 aliphatic heterocycles. The smallest absolute Gasteiger partial charge is 0.332 e. The Hall–Kier alpha value is -3.20. The zero-order chi connectivity index (χ0) is 21.7. The van der Waals surface area contributed by atoms with Gasteiger partial charge in [0.1, 0.15) is 11.3 Å². The van der Waals surface area contributed by atoms with Crippen LogP contribution in [0.15, 0.2) is 33.9 Å². The van der Waals surface area contributed by atoms with Crippen LogP contribution in [0.1, 0.15) is 38.1 Å². The van der Waals surface area contributed by atoms with Gasteiger partial charge in [-0.15, -0.1) is 0 Å². The summed E-state index contributed by atoms with van der Waals surface area (Å²) in [5, 5.41) is 2.73. The number of aromatic nitrogens is 4. The number of imidazole rings is 1. The van der Waals surface area contributed by atoms with E-state index in [4.69, 9.17) is 4.74 Å². The first-order valence-electron chi connectivity index (χ1n) is 10.0. The van der Waals surface area contributed by atoms with E-state index in [1.165, 1.54) is 18.6 Å². The number of amides is 1. The number of anilines is 1. The third-order valence-corrected chi connectivity index (χ3v) is 4.81. The number of nitrogens with one attached hydrogen (secondary N) is 2. The summed E-state index contributed by atoms with van der Waals surface area (Å²) < 4.78 is 7.81. The molecule has 2 aromatic heterocycles. The molecule has 0 saturated carbocycles. The molecule has 0 atom stereocenters. The summed E-state index contributed by atoms with van der Waals surface area (Å²) in [6.07, 6.45) is 2.20. The Bertz CT molecular complexity index is 1140. The van der Waals surface area contributed by atoms with Gasteiger partial charge in [0.15, 0.2) is 5.65 Å². The van der Waals surface area contributed by atoms with E-state index in [2.05, 4.69) is 15.3 Å². The van der Waals surface area contributed by atoms with Crippen LogP contribution < -0.4 is 16.6 Å². The third-order valence-electron chi connectivity index (χ3n) is 4.81. The van der Waals surface area contributed by atoms with Gasteiger partial charge in [0, 0.05) is 32.7 Å². The SMILES string of the molecule is CCCCn1c(=O)n(CCOC)c(=O)c2[nH]c(Cc3ccc(NC(C)=O)cc3)nc21. The quantitative estimate of drug-likeness (QED) is 0.556. The van der Waals surface area contributed by atoms with Gasteiger partial charge < -0.3 is 15.0 Å². The molecule has 1 aromatic carbocycles. The molecular weight excluding hydrogens is 386 g/mol. The van der Waals surface area contributed by atoms with E-state index >= 15 is 0 Å². The van der Waals surface area contributed by atoms with Crippen LogP contribution in [0, 0.1) is 0 Å². The molecule has 0 saturated heterocycles. The molecule has 0 radical (unpaired) electrons. The predicted octanol–water partition coefficient (Wildman–Crippen LogP) is 1.88. The van der Waals surface area contributed by atoms with Crippen LogP contribution in [0.4, 0.5) is 5.69 Å². The molecule has 9 nitrogen and oxygen atoms in total. The highest BCUT2D eigenvalue weighted by molar-refractivity contribution is 5.88. The van der Waals surface area contributed by atoms with Crippen LogP contribution >= 0.6 is 0 Å². The van der Waals surface area contributed by atoms with Gasteiger partial charge >= 0.3 is 5.69 Å².